The zero-order valence-electron chi connectivity index (χ0n) is 20.1. The number of hydrogen-bond donors (Lipinski definition) is 0. The summed E-state index contributed by atoms with van der Waals surface area (Å²) < 4.78 is 52.1. The summed E-state index contributed by atoms with van der Waals surface area (Å²) in [5.41, 5.74) is 1.22. The molecule has 1 aliphatic heterocycles. The van der Waals surface area contributed by atoms with E-state index in [2.05, 4.69) is 0 Å². The molecule has 8 nitrogen and oxygen atoms in total. The van der Waals surface area contributed by atoms with Gasteiger partial charge in [0.05, 0.1) is 30.1 Å². The largest absolute Gasteiger partial charge is 1.00 e. The van der Waals surface area contributed by atoms with E-state index in [-0.39, 0.29) is 41.5 Å². The van der Waals surface area contributed by atoms with E-state index in [0.717, 1.165) is 0 Å². The number of para-hydroxylation sites is 1. The number of amides is 1. The molecule has 0 spiro atoms. The number of methoxy groups -OCH3 is 2. The van der Waals surface area contributed by atoms with Crippen LogP contribution in [0, 0.1) is 5.41 Å². The number of halogens is 1. The van der Waals surface area contributed by atoms with E-state index < -0.39 is 34.0 Å². The van der Waals surface area contributed by atoms with Crippen LogP contribution in [0.3, 0.4) is 0 Å². The third-order valence-corrected chi connectivity index (χ3v) is 6.05. The molecule has 2 atom stereocenters. The van der Waals surface area contributed by atoms with Gasteiger partial charge in [0.15, 0.2) is 17.6 Å². The minimum Gasteiger partial charge on any atom is -0.748 e. The molecule has 1 aliphatic rings. The Kier molecular flexibility index (Phi) is 9.49. The molecule has 0 aromatic heterocycles. The van der Waals surface area contributed by atoms with E-state index in [4.69, 9.17) is 25.8 Å². The summed E-state index contributed by atoms with van der Waals surface area (Å²) in [6.45, 7) is 6.11. The number of anilines is 1. The number of carbonyl (C=O) groups excluding carboxylic acids is 1. The van der Waals surface area contributed by atoms with Crippen LogP contribution in [-0.4, -0.2) is 51.5 Å². The second-order valence-corrected chi connectivity index (χ2v) is 10.9. The van der Waals surface area contributed by atoms with Crippen LogP contribution in [0.4, 0.5) is 5.69 Å². The Morgan fingerprint density at radius 1 is 1.12 bits per heavy atom. The van der Waals surface area contributed by atoms with E-state index >= 15 is 0 Å². The van der Waals surface area contributed by atoms with E-state index in [1.54, 1.807) is 36.4 Å². The van der Waals surface area contributed by atoms with Gasteiger partial charge in [-0.25, -0.2) is 8.42 Å². The van der Waals surface area contributed by atoms with Crippen molar-refractivity contribution >= 4 is 33.3 Å². The summed E-state index contributed by atoms with van der Waals surface area (Å²) in [6, 6.07) is 10.2. The molecule has 0 unspecified atom stereocenters. The number of carbonyl (C=O) groups is 1. The van der Waals surface area contributed by atoms with Crippen LogP contribution in [-0.2, 0) is 19.6 Å². The van der Waals surface area contributed by atoms with Gasteiger partial charge >= 0.3 is 29.6 Å². The first kappa shape index (κ1) is 28.9. The maximum atomic E-state index is 13.5. The van der Waals surface area contributed by atoms with Crippen LogP contribution < -0.4 is 43.9 Å². The third kappa shape index (κ3) is 6.66. The fourth-order valence-corrected chi connectivity index (χ4v) is 4.63. The van der Waals surface area contributed by atoms with Gasteiger partial charge in [-0.15, -0.1) is 0 Å². The van der Waals surface area contributed by atoms with Crippen molar-refractivity contribution in [1.82, 2.24) is 0 Å². The predicted molar refractivity (Wildman–Crippen MR) is 124 cm³/mol. The first-order valence-electron chi connectivity index (χ1n) is 10.3. The second kappa shape index (κ2) is 11.2. The average Bonchev–Trinajstić information content (AvgIpc) is 2.81. The summed E-state index contributed by atoms with van der Waals surface area (Å²) in [6.07, 6.45) is -2.48. The van der Waals surface area contributed by atoms with Crippen molar-refractivity contribution in [2.75, 3.05) is 31.4 Å². The zero-order valence-corrected chi connectivity index (χ0v) is 23.7. The quantitative estimate of drug-likeness (QED) is 0.410. The van der Waals surface area contributed by atoms with Crippen LogP contribution in [0.2, 0.25) is 5.02 Å². The van der Waals surface area contributed by atoms with Crippen molar-refractivity contribution < 1.29 is 61.5 Å². The number of ether oxygens (including phenoxy) is 3. The van der Waals surface area contributed by atoms with Crippen molar-refractivity contribution in [3.63, 3.8) is 0 Å². The molecule has 0 saturated heterocycles. The summed E-state index contributed by atoms with van der Waals surface area (Å²) in [4.78, 5) is 15.0. The Bertz CT molecular complexity index is 1150. The van der Waals surface area contributed by atoms with Crippen molar-refractivity contribution in [3.05, 3.63) is 52.5 Å². The van der Waals surface area contributed by atoms with Crippen molar-refractivity contribution in [3.8, 4) is 11.5 Å². The van der Waals surface area contributed by atoms with E-state index in [1.165, 1.54) is 19.1 Å². The van der Waals surface area contributed by atoms with Crippen LogP contribution in [0.25, 0.3) is 0 Å². The molecule has 1 amide bonds. The molecule has 11 heteroatoms. The van der Waals surface area contributed by atoms with Crippen molar-refractivity contribution in [1.29, 1.82) is 0 Å². The predicted octanol–water partition coefficient (Wildman–Crippen LogP) is 0.774. The molecule has 0 aliphatic carbocycles. The number of nitrogens with zero attached hydrogens (tertiary/aromatic N) is 1. The Labute approximate surface area is 227 Å². The van der Waals surface area contributed by atoms with Gasteiger partial charge in [-0.1, -0.05) is 44.5 Å². The topological polar surface area (TPSA) is 105 Å². The van der Waals surface area contributed by atoms with Gasteiger partial charge in [-0.2, -0.15) is 0 Å². The molecule has 2 aromatic rings. The fraction of sp³-hybridized carbons (Fsp3) is 0.435. The molecule has 0 N–H and O–H groups in total. The molecular formula is C23H27ClNNaO7S. The van der Waals surface area contributed by atoms with Crippen LogP contribution in [0.15, 0.2) is 36.4 Å². The smallest absolute Gasteiger partial charge is 0.748 e. The average molecular weight is 520 g/mol. The Morgan fingerprint density at radius 3 is 2.35 bits per heavy atom. The van der Waals surface area contributed by atoms with E-state index in [9.17, 15) is 17.8 Å². The van der Waals surface area contributed by atoms with Gasteiger partial charge in [-0.05, 0) is 29.7 Å². The molecule has 34 heavy (non-hydrogen) atoms. The first-order chi connectivity index (χ1) is 15.3. The van der Waals surface area contributed by atoms with Gasteiger partial charge < -0.3 is 23.7 Å². The molecule has 3 rings (SSSR count). The number of fused-ring (bicyclic) bond motifs is 1. The van der Waals surface area contributed by atoms with Gasteiger partial charge in [0.2, 0.25) is 0 Å². The molecular weight excluding hydrogens is 493 g/mol. The SMILES string of the molecule is COc1cccc([C@H]2O[C@H](CS(=O)(=O)[O-])C(=O)N(CC(C)(C)C)c3ccc(Cl)cc32)c1OC.[Na+]. The Hall–Kier alpha value is -1.33. The van der Waals surface area contributed by atoms with Gasteiger partial charge in [0.25, 0.3) is 5.91 Å². The summed E-state index contributed by atoms with van der Waals surface area (Å²) in [7, 11) is -1.82. The Balaban J connectivity index is 0.00000408. The number of hydrogen-bond acceptors (Lipinski definition) is 7. The molecule has 0 radical (unpaired) electrons. The summed E-state index contributed by atoms with van der Waals surface area (Å²) in [5, 5.41) is 0.405. The van der Waals surface area contributed by atoms with Crippen molar-refractivity contribution in [2.24, 2.45) is 5.41 Å². The molecule has 2 aromatic carbocycles. The standard InChI is InChI=1S/C23H28ClNO7S.Na/c1-23(2,3)13-25-17-10-9-14(24)11-16(17)20(32-19(22(25)26)12-33(27,28)29)15-7-6-8-18(30-4)21(15)31-5;/h6-11,19-20H,12-13H2,1-5H3,(H,27,28,29);/q;+1/p-1/t19-,20-;/m1./s1. The van der Waals surface area contributed by atoms with Gasteiger partial charge in [0, 0.05) is 28.4 Å². The maximum Gasteiger partial charge on any atom is 1.00 e. The van der Waals surface area contributed by atoms with Gasteiger partial charge in [0.1, 0.15) is 6.10 Å². The molecule has 1 heterocycles. The minimum atomic E-state index is -4.77. The van der Waals surface area contributed by atoms with Gasteiger partial charge in [-0.3, -0.25) is 4.79 Å². The molecule has 0 bridgehead atoms. The maximum absolute atomic E-state index is 13.5. The summed E-state index contributed by atoms with van der Waals surface area (Å²) >= 11 is 6.31. The van der Waals surface area contributed by atoms with E-state index in [1.807, 2.05) is 20.8 Å². The van der Waals surface area contributed by atoms with Crippen LogP contribution in [0.1, 0.15) is 38.0 Å². The van der Waals surface area contributed by atoms with Crippen LogP contribution in [0.5, 0.6) is 11.5 Å². The van der Waals surface area contributed by atoms with Crippen molar-refractivity contribution in [2.45, 2.75) is 33.0 Å². The normalized spacial score (nSPS) is 18.6. The molecule has 180 valence electrons. The monoisotopic (exact) mass is 519 g/mol. The second-order valence-electron chi connectivity index (χ2n) is 9.00. The zero-order chi connectivity index (χ0) is 24.6. The Morgan fingerprint density at radius 2 is 1.79 bits per heavy atom. The number of rotatable bonds is 6. The first-order valence-corrected chi connectivity index (χ1v) is 12.2. The molecule has 0 saturated carbocycles. The molecule has 0 fully saturated rings. The number of benzene rings is 2. The summed E-state index contributed by atoms with van der Waals surface area (Å²) in [5.74, 6) is -0.831. The fourth-order valence-electron chi connectivity index (χ4n) is 3.86. The van der Waals surface area contributed by atoms with Crippen LogP contribution >= 0.6 is 11.6 Å². The third-order valence-electron chi connectivity index (χ3n) is 5.11. The van der Waals surface area contributed by atoms with E-state index in [0.29, 0.717) is 33.3 Å². The minimum absolute atomic E-state index is 0.